The molecule has 0 saturated heterocycles. The van der Waals surface area contributed by atoms with E-state index in [9.17, 15) is 4.79 Å². The first kappa shape index (κ1) is 10.6. The summed E-state index contributed by atoms with van der Waals surface area (Å²) in [5.41, 5.74) is 0.170. The molecule has 0 unspecified atom stereocenters. The van der Waals surface area contributed by atoms with Crippen LogP contribution in [-0.2, 0) is 0 Å². The Morgan fingerprint density at radius 3 is 3.07 bits per heavy atom. The van der Waals surface area contributed by atoms with Crippen LogP contribution < -0.4 is 4.74 Å². The molecule has 1 aromatic rings. The largest absolute Gasteiger partial charge is 0.493 e. The normalized spacial score (nSPS) is 9.79. The van der Waals surface area contributed by atoms with Crippen molar-refractivity contribution in [1.82, 2.24) is 0 Å². The van der Waals surface area contributed by atoms with E-state index in [2.05, 4.69) is 13.0 Å². The van der Waals surface area contributed by atoms with Crippen molar-refractivity contribution in [2.45, 2.75) is 19.8 Å². The monoisotopic (exact) mass is 193 g/mol. The first-order chi connectivity index (χ1) is 6.75. The number of ether oxygens (including phenoxy) is 1. The average molecular weight is 193 g/mol. The van der Waals surface area contributed by atoms with Gasteiger partial charge in [-0.2, -0.15) is 0 Å². The number of carbonyl (C=O) groups is 1. The molecule has 3 nitrogen and oxygen atoms in total. The van der Waals surface area contributed by atoms with Gasteiger partial charge in [0.25, 0.3) is 0 Å². The number of unbranched alkanes of at least 4 members (excludes halogenated alkanes) is 1. The molecule has 0 amide bonds. The Morgan fingerprint density at radius 2 is 2.43 bits per heavy atom. The van der Waals surface area contributed by atoms with Gasteiger partial charge in [-0.25, -0.2) is 4.79 Å². The van der Waals surface area contributed by atoms with Crippen LogP contribution in [0.4, 0.5) is 0 Å². The van der Waals surface area contributed by atoms with Gasteiger partial charge >= 0.3 is 5.97 Å². The number of hydrogen-bond acceptors (Lipinski definition) is 2. The SMILES string of the molecule is CCCCOc1cc[c]cc1C(=O)O. The summed E-state index contributed by atoms with van der Waals surface area (Å²) in [4.78, 5) is 10.8. The van der Waals surface area contributed by atoms with Crippen LogP contribution >= 0.6 is 0 Å². The molecule has 0 spiro atoms. The molecular weight excluding hydrogens is 180 g/mol. The molecule has 1 N–H and O–H groups in total. The smallest absolute Gasteiger partial charge is 0.339 e. The van der Waals surface area contributed by atoms with Crippen LogP contribution in [0.25, 0.3) is 0 Å². The third-order valence-electron chi connectivity index (χ3n) is 1.81. The van der Waals surface area contributed by atoms with Crippen molar-refractivity contribution in [3.05, 3.63) is 29.8 Å². The molecule has 14 heavy (non-hydrogen) atoms. The maximum absolute atomic E-state index is 10.8. The highest BCUT2D eigenvalue weighted by Gasteiger charge is 2.09. The minimum atomic E-state index is -0.978. The maximum atomic E-state index is 10.8. The van der Waals surface area contributed by atoms with Gasteiger partial charge in [0.15, 0.2) is 0 Å². The highest BCUT2D eigenvalue weighted by atomic mass is 16.5. The third kappa shape index (κ3) is 2.76. The van der Waals surface area contributed by atoms with Gasteiger partial charge in [0.2, 0.25) is 0 Å². The quantitative estimate of drug-likeness (QED) is 0.730. The molecular formula is C11H13O3. The molecule has 1 aromatic carbocycles. The number of rotatable bonds is 5. The fraction of sp³-hybridized carbons (Fsp3) is 0.364. The Morgan fingerprint density at radius 1 is 1.64 bits per heavy atom. The zero-order valence-electron chi connectivity index (χ0n) is 8.12. The Hall–Kier alpha value is -1.51. The summed E-state index contributed by atoms with van der Waals surface area (Å²) in [6.07, 6.45) is 1.96. The lowest BCUT2D eigenvalue weighted by atomic mass is 10.2. The Balaban J connectivity index is 2.69. The van der Waals surface area contributed by atoms with Crippen LogP contribution in [-0.4, -0.2) is 17.7 Å². The van der Waals surface area contributed by atoms with Crippen LogP contribution in [0.1, 0.15) is 30.1 Å². The number of carboxylic acids is 1. The summed E-state index contributed by atoms with van der Waals surface area (Å²) in [5.74, 6) is -0.557. The standard InChI is InChI=1S/C11H13O3/c1-2-3-8-14-10-7-5-4-6-9(10)11(12)13/h5-7H,2-3,8H2,1H3,(H,12,13). The number of hydrogen-bond donors (Lipinski definition) is 1. The molecule has 0 atom stereocenters. The van der Waals surface area contributed by atoms with Crippen molar-refractivity contribution in [2.75, 3.05) is 6.61 Å². The Kier molecular flexibility index (Phi) is 3.98. The Bertz CT molecular complexity index is 307. The van der Waals surface area contributed by atoms with Gasteiger partial charge < -0.3 is 9.84 Å². The highest BCUT2D eigenvalue weighted by molar-refractivity contribution is 5.90. The van der Waals surface area contributed by atoms with Crippen molar-refractivity contribution in [3.63, 3.8) is 0 Å². The number of benzene rings is 1. The molecule has 1 radical (unpaired) electrons. The summed E-state index contributed by atoms with van der Waals surface area (Å²) in [6.45, 7) is 2.61. The molecule has 0 heterocycles. The molecule has 75 valence electrons. The van der Waals surface area contributed by atoms with Crippen molar-refractivity contribution >= 4 is 5.97 Å². The first-order valence-corrected chi connectivity index (χ1v) is 4.62. The topological polar surface area (TPSA) is 46.5 Å². The fourth-order valence-electron chi connectivity index (χ4n) is 1.04. The minimum absolute atomic E-state index is 0.170. The van der Waals surface area contributed by atoms with E-state index in [0.29, 0.717) is 12.4 Å². The van der Waals surface area contributed by atoms with Crippen LogP contribution in [0.3, 0.4) is 0 Å². The van der Waals surface area contributed by atoms with Crippen molar-refractivity contribution in [2.24, 2.45) is 0 Å². The first-order valence-electron chi connectivity index (χ1n) is 4.62. The van der Waals surface area contributed by atoms with Crippen molar-refractivity contribution in [3.8, 4) is 5.75 Å². The van der Waals surface area contributed by atoms with E-state index in [4.69, 9.17) is 9.84 Å². The zero-order chi connectivity index (χ0) is 10.4. The van der Waals surface area contributed by atoms with E-state index < -0.39 is 5.97 Å². The van der Waals surface area contributed by atoms with E-state index in [0.717, 1.165) is 12.8 Å². The summed E-state index contributed by atoms with van der Waals surface area (Å²) >= 11 is 0. The van der Waals surface area contributed by atoms with Gasteiger partial charge in [0.1, 0.15) is 11.3 Å². The lowest BCUT2D eigenvalue weighted by Gasteiger charge is -2.07. The van der Waals surface area contributed by atoms with Gasteiger partial charge in [-0.15, -0.1) is 0 Å². The van der Waals surface area contributed by atoms with E-state index in [-0.39, 0.29) is 5.56 Å². The molecule has 0 aromatic heterocycles. The van der Waals surface area contributed by atoms with E-state index in [1.807, 2.05) is 0 Å². The second-order valence-electron chi connectivity index (χ2n) is 2.93. The number of aromatic carboxylic acids is 1. The van der Waals surface area contributed by atoms with Gasteiger partial charge in [-0.05, 0) is 24.6 Å². The summed E-state index contributed by atoms with van der Waals surface area (Å²) < 4.78 is 5.34. The van der Waals surface area contributed by atoms with Crippen LogP contribution in [0.2, 0.25) is 0 Å². The van der Waals surface area contributed by atoms with Crippen molar-refractivity contribution < 1.29 is 14.6 Å². The Labute approximate surface area is 83.3 Å². The predicted octanol–water partition coefficient (Wildman–Crippen LogP) is 2.36. The molecule has 0 fully saturated rings. The molecule has 0 aliphatic heterocycles. The molecule has 0 saturated carbocycles. The summed E-state index contributed by atoms with van der Waals surface area (Å²) in [6, 6.07) is 7.40. The van der Waals surface area contributed by atoms with E-state index in [1.165, 1.54) is 6.07 Å². The van der Waals surface area contributed by atoms with Gasteiger partial charge in [-0.3, -0.25) is 0 Å². The molecule has 1 rings (SSSR count). The van der Waals surface area contributed by atoms with Crippen LogP contribution in [0, 0.1) is 6.07 Å². The van der Waals surface area contributed by atoms with E-state index >= 15 is 0 Å². The van der Waals surface area contributed by atoms with Crippen molar-refractivity contribution in [1.29, 1.82) is 0 Å². The second kappa shape index (κ2) is 5.27. The maximum Gasteiger partial charge on any atom is 0.339 e. The molecule has 0 aliphatic rings. The number of carboxylic acid groups (broad SMARTS) is 1. The van der Waals surface area contributed by atoms with Crippen LogP contribution in [0.15, 0.2) is 18.2 Å². The van der Waals surface area contributed by atoms with Crippen LogP contribution in [0.5, 0.6) is 5.75 Å². The summed E-state index contributed by atoms with van der Waals surface area (Å²) in [5, 5.41) is 8.82. The fourth-order valence-corrected chi connectivity index (χ4v) is 1.04. The average Bonchev–Trinajstić information content (AvgIpc) is 2.19. The zero-order valence-corrected chi connectivity index (χ0v) is 8.12. The molecule has 0 aliphatic carbocycles. The van der Waals surface area contributed by atoms with E-state index in [1.54, 1.807) is 12.1 Å². The third-order valence-corrected chi connectivity index (χ3v) is 1.81. The van der Waals surface area contributed by atoms with Gasteiger partial charge in [-0.1, -0.05) is 19.4 Å². The minimum Gasteiger partial charge on any atom is -0.493 e. The predicted molar refractivity (Wildman–Crippen MR) is 52.6 cm³/mol. The molecule has 0 bridgehead atoms. The molecule has 3 heteroatoms. The second-order valence-corrected chi connectivity index (χ2v) is 2.93. The highest BCUT2D eigenvalue weighted by Crippen LogP contribution is 2.17. The van der Waals surface area contributed by atoms with Gasteiger partial charge in [0, 0.05) is 0 Å². The van der Waals surface area contributed by atoms with Gasteiger partial charge in [0.05, 0.1) is 6.61 Å². The lowest BCUT2D eigenvalue weighted by Crippen LogP contribution is -2.03. The lowest BCUT2D eigenvalue weighted by molar-refractivity contribution is 0.0692. The summed E-state index contributed by atoms with van der Waals surface area (Å²) in [7, 11) is 0.